The number of nitrogens with zero attached hydrogens (tertiary/aromatic N) is 2. The van der Waals surface area contributed by atoms with Crippen LogP contribution in [0.15, 0.2) is 72.1 Å². The lowest BCUT2D eigenvalue weighted by Gasteiger charge is -2.37. The van der Waals surface area contributed by atoms with E-state index in [0.717, 1.165) is 16.7 Å². The number of carbonyl (C=O) groups excluding carboxylic acids is 2. The molecule has 0 bridgehead atoms. The minimum Gasteiger partial charge on any atom is -0.486 e. The summed E-state index contributed by atoms with van der Waals surface area (Å²) in [7, 11) is 0. The second-order valence-electron chi connectivity index (χ2n) is 9.00. The summed E-state index contributed by atoms with van der Waals surface area (Å²) in [6, 6.07) is 17.6. The van der Waals surface area contributed by atoms with E-state index in [-0.39, 0.29) is 42.3 Å². The molecule has 3 aromatic carbocycles. The van der Waals surface area contributed by atoms with Crippen molar-refractivity contribution in [2.24, 2.45) is 0 Å². The van der Waals surface area contributed by atoms with Crippen molar-refractivity contribution >= 4 is 23.2 Å². The molecular formula is C29H25F2N3O3S. The van der Waals surface area contributed by atoms with Gasteiger partial charge in [0.05, 0.1) is 6.04 Å². The first-order chi connectivity index (χ1) is 18.4. The van der Waals surface area contributed by atoms with Crippen LogP contribution in [0.1, 0.15) is 50.7 Å². The van der Waals surface area contributed by atoms with Gasteiger partial charge < -0.3 is 15.0 Å². The molecular weight excluding hydrogens is 508 g/mol. The number of benzene rings is 3. The molecule has 6 nitrogen and oxygen atoms in total. The first-order valence-corrected chi connectivity index (χ1v) is 13.0. The number of thiazole rings is 1. The quantitative estimate of drug-likeness (QED) is 0.344. The Hall–Kier alpha value is -4.11. The second kappa shape index (κ2) is 11.1. The van der Waals surface area contributed by atoms with Crippen LogP contribution < -0.4 is 10.1 Å². The molecule has 0 saturated heterocycles. The van der Waals surface area contributed by atoms with Crippen LogP contribution in [0.25, 0.3) is 0 Å². The average molecular weight is 534 g/mol. The van der Waals surface area contributed by atoms with E-state index >= 15 is 0 Å². The van der Waals surface area contributed by atoms with Crippen LogP contribution in [0.5, 0.6) is 5.75 Å². The normalized spacial score (nSPS) is 14.6. The predicted octanol–water partition coefficient (Wildman–Crippen LogP) is 5.42. The minimum atomic E-state index is -0.410. The molecule has 2 heterocycles. The van der Waals surface area contributed by atoms with E-state index in [1.807, 2.05) is 24.3 Å². The molecule has 0 spiro atoms. The molecule has 1 aliphatic rings. The number of carbonyl (C=O) groups is 2. The topological polar surface area (TPSA) is 71.5 Å². The SMILES string of the molecule is CC(=O)N1CCc2ccc(OCc3nc(C(=O)NCc4ccc(F)cc4)cs3)cc2[C@H]1c1cccc(F)c1. The third-order valence-electron chi connectivity index (χ3n) is 6.43. The summed E-state index contributed by atoms with van der Waals surface area (Å²) < 4.78 is 33.1. The Morgan fingerprint density at radius 2 is 1.89 bits per heavy atom. The van der Waals surface area contributed by atoms with E-state index in [1.54, 1.807) is 28.5 Å². The number of hydrogen-bond donors (Lipinski definition) is 1. The van der Waals surface area contributed by atoms with Gasteiger partial charge in [0, 0.05) is 25.4 Å². The predicted molar refractivity (Wildman–Crippen MR) is 140 cm³/mol. The second-order valence-corrected chi connectivity index (χ2v) is 9.95. The molecule has 9 heteroatoms. The summed E-state index contributed by atoms with van der Waals surface area (Å²) in [6.07, 6.45) is 0.698. The zero-order valence-corrected chi connectivity index (χ0v) is 21.4. The van der Waals surface area contributed by atoms with Gasteiger partial charge in [-0.25, -0.2) is 13.8 Å². The van der Waals surface area contributed by atoms with Gasteiger partial charge in [-0.15, -0.1) is 11.3 Å². The number of amides is 2. The molecule has 0 radical (unpaired) electrons. The zero-order chi connectivity index (χ0) is 26.6. The first-order valence-electron chi connectivity index (χ1n) is 12.1. The molecule has 1 atom stereocenters. The Balaban J connectivity index is 1.28. The monoisotopic (exact) mass is 533 g/mol. The van der Waals surface area contributed by atoms with Gasteiger partial charge in [0.15, 0.2) is 0 Å². The van der Waals surface area contributed by atoms with E-state index in [2.05, 4.69) is 10.3 Å². The molecule has 1 N–H and O–H groups in total. The lowest BCUT2D eigenvalue weighted by Crippen LogP contribution is -2.39. The Morgan fingerprint density at radius 1 is 1.08 bits per heavy atom. The number of rotatable bonds is 7. The molecule has 0 aliphatic carbocycles. The van der Waals surface area contributed by atoms with Crippen molar-refractivity contribution in [1.82, 2.24) is 15.2 Å². The first kappa shape index (κ1) is 25.5. The molecule has 194 valence electrons. The maximum atomic E-state index is 14.0. The average Bonchev–Trinajstić information content (AvgIpc) is 3.40. The number of halogens is 2. The van der Waals surface area contributed by atoms with Crippen molar-refractivity contribution in [1.29, 1.82) is 0 Å². The Bertz CT molecular complexity index is 1470. The fourth-order valence-electron chi connectivity index (χ4n) is 4.56. The number of aromatic nitrogens is 1. The fraction of sp³-hybridized carbons (Fsp3) is 0.207. The van der Waals surface area contributed by atoms with Crippen LogP contribution >= 0.6 is 11.3 Å². The lowest BCUT2D eigenvalue weighted by atomic mass is 9.88. The fourth-order valence-corrected chi connectivity index (χ4v) is 5.25. The van der Waals surface area contributed by atoms with Crippen molar-refractivity contribution in [3.8, 4) is 5.75 Å². The van der Waals surface area contributed by atoms with Gasteiger partial charge in [-0.1, -0.05) is 30.3 Å². The van der Waals surface area contributed by atoms with Crippen molar-refractivity contribution < 1.29 is 23.1 Å². The van der Waals surface area contributed by atoms with Crippen LogP contribution in [0.3, 0.4) is 0 Å². The highest BCUT2D eigenvalue weighted by atomic mass is 32.1. The zero-order valence-electron chi connectivity index (χ0n) is 20.6. The highest BCUT2D eigenvalue weighted by molar-refractivity contribution is 7.09. The molecule has 1 aliphatic heterocycles. The summed E-state index contributed by atoms with van der Waals surface area (Å²) >= 11 is 1.31. The molecule has 0 saturated carbocycles. The minimum absolute atomic E-state index is 0.0794. The Morgan fingerprint density at radius 3 is 2.66 bits per heavy atom. The van der Waals surface area contributed by atoms with E-state index < -0.39 is 6.04 Å². The van der Waals surface area contributed by atoms with E-state index in [0.29, 0.717) is 29.3 Å². The van der Waals surface area contributed by atoms with Crippen molar-refractivity contribution in [2.75, 3.05) is 6.54 Å². The van der Waals surface area contributed by atoms with Crippen LogP contribution in [0.4, 0.5) is 8.78 Å². The van der Waals surface area contributed by atoms with Gasteiger partial charge in [0.25, 0.3) is 5.91 Å². The number of nitrogens with one attached hydrogen (secondary N) is 1. The number of ether oxygens (including phenoxy) is 1. The molecule has 4 aromatic rings. The number of hydrogen-bond acceptors (Lipinski definition) is 5. The third-order valence-corrected chi connectivity index (χ3v) is 7.25. The summed E-state index contributed by atoms with van der Waals surface area (Å²) in [5.74, 6) is -0.499. The summed E-state index contributed by atoms with van der Waals surface area (Å²) in [5.41, 5.74) is 3.75. The van der Waals surface area contributed by atoms with Gasteiger partial charge >= 0.3 is 0 Å². The number of fused-ring (bicyclic) bond motifs is 1. The summed E-state index contributed by atoms with van der Waals surface area (Å²) in [6.45, 7) is 2.50. The van der Waals surface area contributed by atoms with Gasteiger partial charge in [0.2, 0.25) is 5.91 Å². The third kappa shape index (κ3) is 5.73. The maximum absolute atomic E-state index is 14.0. The molecule has 2 amide bonds. The van der Waals surface area contributed by atoms with Crippen molar-refractivity contribution in [2.45, 2.75) is 32.5 Å². The van der Waals surface area contributed by atoms with E-state index in [9.17, 15) is 18.4 Å². The van der Waals surface area contributed by atoms with Crippen molar-refractivity contribution in [3.63, 3.8) is 0 Å². The smallest absolute Gasteiger partial charge is 0.271 e. The van der Waals surface area contributed by atoms with Gasteiger partial charge in [0.1, 0.15) is 34.7 Å². The highest BCUT2D eigenvalue weighted by Gasteiger charge is 2.31. The van der Waals surface area contributed by atoms with Gasteiger partial charge in [-0.3, -0.25) is 9.59 Å². The van der Waals surface area contributed by atoms with Crippen molar-refractivity contribution in [3.05, 3.63) is 117 Å². The standard InChI is InChI=1S/C29H25F2N3O3S/c1-18(35)34-12-11-20-7-10-24(14-25(20)28(34)21-3-2-4-23(31)13-21)37-16-27-33-26(17-38-27)29(36)32-15-19-5-8-22(30)9-6-19/h2-10,13-14,17,28H,11-12,15-16H2,1H3,(H,32,36)/t28-/m1/s1. The van der Waals surface area contributed by atoms with E-state index in [4.69, 9.17) is 4.74 Å². The summed E-state index contributed by atoms with van der Waals surface area (Å²) in [5, 5.41) is 5.07. The highest BCUT2D eigenvalue weighted by Crippen LogP contribution is 2.37. The van der Waals surface area contributed by atoms with Crippen LogP contribution in [-0.4, -0.2) is 28.2 Å². The Labute approximate surface area is 222 Å². The van der Waals surface area contributed by atoms with Gasteiger partial charge in [-0.2, -0.15) is 0 Å². The molecule has 38 heavy (non-hydrogen) atoms. The lowest BCUT2D eigenvalue weighted by molar-refractivity contribution is -0.130. The van der Waals surface area contributed by atoms with Crippen LogP contribution in [0.2, 0.25) is 0 Å². The maximum Gasteiger partial charge on any atom is 0.271 e. The van der Waals surface area contributed by atoms with E-state index in [1.165, 1.54) is 42.5 Å². The van der Waals surface area contributed by atoms with Crippen LogP contribution in [-0.2, 0) is 24.4 Å². The molecule has 5 rings (SSSR count). The molecule has 1 aromatic heterocycles. The van der Waals surface area contributed by atoms with Gasteiger partial charge in [-0.05, 0) is 65.1 Å². The largest absolute Gasteiger partial charge is 0.486 e. The summed E-state index contributed by atoms with van der Waals surface area (Å²) in [4.78, 5) is 31.0. The molecule has 0 fully saturated rings. The van der Waals surface area contributed by atoms with Crippen LogP contribution in [0, 0.1) is 11.6 Å². The molecule has 0 unspecified atom stereocenters. The Kier molecular flexibility index (Phi) is 7.46.